The summed E-state index contributed by atoms with van der Waals surface area (Å²) in [6.45, 7) is 0.513. The number of ether oxygens (including phenoxy) is 3. The molecule has 3 aromatic rings. The molecule has 2 heterocycles. The molecule has 1 aromatic heterocycles. The summed E-state index contributed by atoms with van der Waals surface area (Å²) in [7, 11) is 4.80. The van der Waals surface area contributed by atoms with E-state index in [1.54, 1.807) is 27.4 Å². The van der Waals surface area contributed by atoms with Crippen LogP contribution in [0.25, 0.3) is 0 Å². The minimum atomic E-state index is -0.314. The molecular weight excluding hydrogens is 478 g/mol. The van der Waals surface area contributed by atoms with Gasteiger partial charge in [0, 0.05) is 25.6 Å². The third-order valence-corrected chi connectivity index (χ3v) is 6.84. The topological polar surface area (TPSA) is 80.7 Å². The number of hydrogen-bond acceptors (Lipinski definition) is 7. The molecule has 9 heteroatoms. The van der Waals surface area contributed by atoms with Gasteiger partial charge in [-0.05, 0) is 41.3 Å². The molecule has 4 rings (SSSR count). The number of benzene rings is 2. The second-order valence-corrected chi connectivity index (χ2v) is 9.15. The fourth-order valence-electron chi connectivity index (χ4n) is 4.05. The first-order chi connectivity index (χ1) is 17.5. The van der Waals surface area contributed by atoms with Gasteiger partial charge in [-0.15, -0.1) is 11.3 Å². The number of amides is 2. The van der Waals surface area contributed by atoms with Crippen LogP contribution in [-0.2, 0) is 9.53 Å². The van der Waals surface area contributed by atoms with Crippen LogP contribution in [0.15, 0.2) is 71.1 Å². The lowest BCUT2D eigenvalue weighted by molar-refractivity contribution is -0.133. The van der Waals surface area contributed by atoms with Gasteiger partial charge in [0.05, 0.1) is 37.5 Å². The second-order valence-electron chi connectivity index (χ2n) is 8.21. The molecule has 0 unspecified atom stereocenters. The van der Waals surface area contributed by atoms with Crippen molar-refractivity contribution in [1.82, 2.24) is 9.91 Å². The van der Waals surface area contributed by atoms with Gasteiger partial charge in [-0.2, -0.15) is 5.10 Å². The van der Waals surface area contributed by atoms with Gasteiger partial charge in [-0.1, -0.05) is 30.3 Å². The van der Waals surface area contributed by atoms with Crippen molar-refractivity contribution >= 4 is 28.9 Å². The molecule has 1 aliphatic rings. The van der Waals surface area contributed by atoms with Crippen molar-refractivity contribution in [3.63, 3.8) is 0 Å². The molecule has 0 radical (unpaired) electrons. The minimum Gasteiger partial charge on any atom is -0.497 e. The number of carbonyl (C=O) groups excluding carboxylic acids is 2. The zero-order valence-corrected chi connectivity index (χ0v) is 21.4. The zero-order chi connectivity index (χ0) is 25.5. The van der Waals surface area contributed by atoms with Crippen LogP contribution in [0.2, 0.25) is 0 Å². The van der Waals surface area contributed by atoms with E-state index in [-0.39, 0.29) is 24.4 Å². The van der Waals surface area contributed by atoms with Crippen LogP contribution in [0, 0.1) is 0 Å². The van der Waals surface area contributed by atoms with Crippen LogP contribution in [0.3, 0.4) is 0 Å². The maximum absolute atomic E-state index is 13.6. The Morgan fingerprint density at radius 1 is 1.03 bits per heavy atom. The van der Waals surface area contributed by atoms with E-state index in [0.717, 1.165) is 22.6 Å². The molecule has 36 heavy (non-hydrogen) atoms. The van der Waals surface area contributed by atoms with E-state index in [0.29, 0.717) is 30.2 Å². The highest BCUT2D eigenvalue weighted by atomic mass is 32.1. The van der Waals surface area contributed by atoms with Gasteiger partial charge in [-0.25, -0.2) is 5.01 Å². The number of thiophene rings is 1. The second kappa shape index (κ2) is 11.8. The Bertz CT molecular complexity index is 1210. The Balaban J connectivity index is 1.63. The number of carbonyl (C=O) groups is 2. The van der Waals surface area contributed by atoms with E-state index in [4.69, 9.17) is 19.3 Å². The SMILES string of the molecule is COCCN(CC(=O)N1N=C(c2cccc(OC)c2)C[C@@H]1c1ccc(OC)cc1)C(=O)c1cccs1. The first-order valence-corrected chi connectivity index (χ1v) is 12.4. The molecule has 0 saturated carbocycles. The average Bonchev–Trinajstić information content (AvgIpc) is 3.62. The summed E-state index contributed by atoms with van der Waals surface area (Å²) < 4.78 is 15.9. The lowest BCUT2D eigenvalue weighted by Gasteiger charge is -2.26. The summed E-state index contributed by atoms with van der Waals surface area (Å²) >= 11 is 1.35. The zero-order valence-electron chi connectivity index (χ0n) is 20.5. The molecule has 188 valence electrons. The quantitative estimate of drug-likeness (QED) is 0.410. The lowest BCUT2D eigenvalue weighted by Crippen LogP contribution is -2.42. The van der Waals surface area contributed by atoms with Crippen LogP contribution >= 0.6 is 11.3 Å². The number of hydrogen-bond donors (Lipinski definition) is 0. The van der Waals surface area contributed by atoms with Crippen molar-refractivity contribution in [3.05, 3.63) is 82.0 Å². The van der Waals surface area contributed by atoms with Crippen molar-refractivity contribution in [3.8, 4) is 11.5 Å². The predicted octanol–water partition coefficient (Wildman–Crippen LogP) is 4.23. The summed E-state index contributed by atoms with van der Waals surface area (Å²) in [6, 6.07) is 18.5. The maximum Gasteiger partial charge on any atom is 0.264 e. The molecule has 0 aliphatic carbocycles. The minimum absolute atomic E-state index is 0.109. The standard InChI is InChI=1S/C27H29N3O5S/c1-33-14-13-29(27(32)25-8-5-15-36-25)18-26(31)30-24(19-9-11-21(34-2)12-10-19)17-23(28-30)20-6-4-7-22(16-20)35-3/h4-12,15-16,24H,13-14,17-18H2,1-3H3/t24-/m1/s1. The fourth-order valence-corrected chi connectivity index (χ4v) is 4.74. The molecule has 2 amide bonds. The van der Waals surface area contributed by atoms with Crippen molar-refractivity contribution < 1.29 is 23.8 Å². The highest BCUT2D eigenvalue weighted by molar-refractivity contribution is 7.12. The first-order valence-electron chi connectivity index (χ1n) is 11.5. The third-order valence-electron chi connectivity index (χ3n) is 5.98. The number of hydrazone groups is 1. The monoisotopic (exact) mass is 507 g/mol. The van der Waals surface area contributed by atoms with Crippen LogP contribution in [0.4, 0.5) is 0 Å². The number of nitrogens with zero attached hydrogens (tertiary/aromatic N) is 3. The smallest absolute Gasteiger partial charge is 0.264 e. The van der Waals surface area contributed by atoms with Crippen molar-refractivity contribution in [2.45, 2.75) is 12.5 Å². The Labute approximate surface area is 214 Å². The first kappa shape index (κ1) is 25.4. The highest BCUT2D eigenvalue weighted by Gasteiger charge is 2.34. The molecule has 0 bridgehead atoms. The summed E-state index contributed by atoms with van der Waals surface area (Å²) in [6.07, 6.45) is 0.530. The number of methoxy groups -OCH3 is 3. The number of rotatable bonds is 10. The molecule has 0 saturated heterocycles. The fraction of sp³-hybridized carbons (Fsp3) is 0.296. The van der Waals surface area contributed by atoms with E-state index in [2.05, 4.69) is 0 Å². The third kappa shape index (κ3) is 5.75. The molecule has 1 atom stereocenters. The molecule has 0 fully saturated rings. The summed E-state index contributed by atoms with van der Waals surface area (Å²) in [4.78, 5) is 28.8. The molecule has 8 nitrogen and oxygen atoms in total. The Morgan fingerprint density at radius 3 is 2.47 bits per heavy atom. The Hall–Kier alpha value is -3.69. The normalized spacial score (nSPS) is 14.9. The van der Waals surface area contributed by atoms with E-state index in [1.165, 1.54) is 21.2 Å². The summed E-state index contributed by atoms with van der Waals surface area (Å²) in [5.41, 5.74) is 2.59. The molecule has 0 spiro atoms. The van der Waals surface area contributed by atoms with Gasteiger partial charge in [-0.3, -0.25) is 9.59 Å². The van der Waals surface area contributed by atoms with Crippen LogP contribution in [0.5, 0.6) is 11.5 Å². The van der Waals surface area contributed by atoms with E-state index in [1.807, 2.05) is 60.0 Å². The van der Waals surface area contributed by atoms with E-state index >= 15 is 0 Å². The average molecular weight is 508 g/mol. The van der Waals surface area contributed by atoms with Crippen molar-refractivity contribution in [2.75, 3.05) is 41.0 Å². The predicted molar refractivity (Wildman–Crippen MR) is 139 cm³/mol. The van der Waals surface area contributed by atoms with Crippen LogP contribution < -0.4 is 9.47 Å². The lowest BCUT2D eigenvalue weighted by atomic mass is 9.98. The molecule has 0 N–H and O–H groups in total. The van der Waals surface area contributed by atoms with Crippen LogP contribution in [-0.4, -0.2) is 68.5 Å². The summed E-state index contributed by atoms with van der Waals surface area (Å²) in [5, 5.41) is 8.08. The largest absolute Gasteiger partial charge is 0.497 e. The molecular formula is C27H29N3O5S. The summed E-state index contributed by atoms with van der Waals surface area (Å²) in [5.74, 6) is 0.978. The Morgan fingerprint density at radius 2 is 1.81 bits per heavy atom. The van der Waals surface area contributed by atoms with E-state index < -0.39 is 0 Å². The van der Waals surface area contributed by atoms with Gasteiger partial charge < -0.3 is 19.1 Å². The van der Waals surface area contributed by atoms with E-state index in [9.17, 15) is 9.59 Å². The van der Waals surface area contributed by atoms with Gasteiger partial charge in [0.15, 0.2) is 0 Å². The van der Waals surface area contributed by atoms with Gasteiger partial charge in [0.1, 0.15) is 18.0 Å². The maximum atomic E-state index is 13.6. The molecule has 2 aromatic carbocycles. The van der Waals surface area contributed by atoms with Gasteiger partial charge >= 0.3 is 0 Å². The van der Waals surface area contributed by atoms with Gasteiger partial charge in [0.25, 0.3) is 11.8 Å². The van der Waals surface area contributed by atoms with Crippen LogP contribution in [0.1, 0.15) is 33.3 Å². The van der Waals surface area contributed by atoms with Crippen molar-refractivity contribution in [1.29, 1.82) is 0 Å². The Kier molecular flexibility index (Phi) is 8.35. The molecule has 1 aliphatic heterocycles. The van der Waals surface area contributed by atoms with Gasteiger partial charge in [0.2, 0.25) is 0 Å². The highest BCUT2D eigenvalue weighted by Crippen LogP contribution is 2.34. The van der Waals surface area contributed by atoms with Crippen molar-refractivity contribution in [2.24, 2.45) is 5.10 Å².